The minimum atomic E-state index is -0.699. The highest BCUT2D eigenvalue weighted by Gasteiger charge is 2.24. The van der Waals surface area contributed by atoms with E-state index in [0.717, 1.165) is 41.4 Å². The molecule has 0 radical (unpaired) electrons. The minimum absolute atomic E-state index is 0.109. The van der Waals surface area contributed by atoms with E-state index in [4.69, 9.17) is 5.11 Å². The average Bonchev–Trinajstić information content (AvgIpc) is 2.80. The van der Waals surface area contributed by atoms with Crippen molar-refractivity contribution in [1.82, 2.24) is 9.97 Å². The second-order valence-electron chi connectivity index (χ2n) is 7.80. The molecule has 1 aliphatic rings. The summed E-state index contributed by atoms with van der Waals surface area (Å²) >= 11 is 0. The summed E-state index contributed by atoms with van der Waals surface area (Å²) in [5.74, 6) is -0.557. The number of nitrogens with one attached hydrogen (secondary N) is 2. The molecule has 1 aliphatic heterocycles. The van der Waals surface area contributed by atoms with Crippen molar-refractivity contribution < 1.29 is 14.7 Å². The summed E-state index contributed by atoms with van der Waals surface area (Å²) in [5, 5.41) is 15.1. The zero-order valence-electron chi connectivity index (χ0n) is 17.8. The molecule has 0 atom stereocenters. The van der Waals surface area contributed by atoms with Gasteiger partial charge in [0.1, 0.15) is 0 Å². The number of benzene rings is 2. The molecule has 8 heteroatoms. The topological polar surface area (TPSA) is 107 Å². The van der Waals surface area contributed by atoms with Crippen LogP contribution in [0.3, 0.4) is 0 Å². The van der Waals surface area contributed by atoms with Gasteiger partial charge < -0.3 is 20.6 Å². The van der Waals surface area contributed by atoms with Crippen molar-refractivity contribution in [3.8, 4) is 11.3 Å². The number of aliphatic carboxylic acids is 1. The molecule has 3 aromatic rings. The Morgan fingerprint density at radius 1 is 0.969 bits per heavy atom. The molecular weight excluding hydrogens is 406 g/mol. The number of anilines is 4. The summed E-state index contributed by atoms with van der Waals surface area (Å²) in [6.07, 6.45) is 3.04. The summed E-state index contributed by atoms with van der Waals surface area (Å²) in [4.78, 5) is 33.4. The molecule has 2 aromatic carbocycles. The van der Waals surface area contributed by atoms with Crippen molar-refractivity contribution in [3.63, 3.8) is 0 Å². The van der Waals surface area contributed by atoms with Crippen molar-refractivity contribution in [2.24, 2.45) is 5.92 Å². The number of amides is 1. The Labute approximate surface area is 186 Å². The second-order valence-corrected chi connectivity index (χ2v) is 7.80. The predicted octanol–water partition coefficient (Wildman–Crippen LogP) is 4.15. The van der Waals surface area contributed by atoms with E-state index >= 15 is 0 Å². The Balaban J connectivity index is 1.40. The monoisotopic (exact) mass is 431 g/mol. The number of carbonyl (C=O) groups excluding carboxylic acids is 1. The van der Waals surface area contributed by atoms with E-state index in [2.05, 4.69) is 25.5 Å². The summed E-state index contributed by atoms with van der Waals surface area (Å²) in [6, 6.07) is 17.3. The van der Waals surface area contributed by atoms with E-state index in [9.17, 15) is 9.59 Å². The number of hydrogen-bond donors (Lipinski definition) is 3. The molecule has 0 aliphatic carbocycles. The molecule has 8 nitrogen and oxygen atoms in total. The molecule has 1 fully saturated rings. The van der Waals surface area contributed by atoms with Gasteiger partial charge in [-0.05, 0) is 55.3 Å². The number of carbonyl (C=O) groups is 2. The number of aromatic nitrogens is 2. The fraction of sp³-hybridized carbons (Fsp3) is 0.250. The number of piperidine rings is 1. The Bertz CT molecular complexity index is 1090. The van der Waals surface area contributed by atoms with Gasteiger partial charge in [-0.3, -0.25) is 9.59 Å². The summed E-state index contributed by atoms with van der Waals surface area (Å²) in [6.45, 7) is 2.97. The molecule has 0 bridgehead atoms. The van der Waals surface area contributed by atoms with Crippen LogP contribution >= 0.6 is 0 Å². The van der Waals surface area contributed by atoms with Gasteiger partial charge in [0.15, 0.2) is 0 Å². The van der Waals surface area contributed by atoms with E-state index in [0.29, 0.717) is 18.8 Å². The van der Waals surface area contributed by atoms with E-state index in [-0.39, 0.29) is 11.8 Å². The van der Waals surface area contributed by atoms with E-state index in [1.54, 1.807) is 6.20 Å². The fourth-order valence-corrected chi connectivity index (χ4v) is 3.78. The smallest absolute Gasteiger partial charge is 0.306 e. The maximum absolute atomic E-state index is 11.2. The largest absolute Gasteiger partial charge is 0.481 e. The lowest BCUT2D eigenvalue weighted by atomic mass is 9.97. The van der Waals surface area contributed by atoms with Crippen molar-refractivity contribution in [3.05, 3.63) is 60.8 Å². The van der Waals surface area contributed by atoms with E-state index in [1.807, 2.05) is 54.6 Å². The fourth-order valence-electron chi connectivity index (χ4n) is 3.78. The molecular formula is C24H25N5O3. The van der Waals surface area contributed by atoms with Crippen molar-refractivity contribution in [2.45, 2.75) is 19.8 Å². The normalized spacial score (nSPS) is 14.1. The lowest BCUT2D eigenvalue weighted by Gasteiger charge is -2.32. The van der Waals surface area contributed by atoms with Crippen LogP contribution in [-0.4, -0.2) is 40.0 Å². The molecule has 0 spiro atoms. The van der Waals surface area contributed by atoms with Crippen LogP contribution in [0.1, 0.15) is 19.8 Å². The third kappa shape index (κ3) is 5.21. The molecule has 164 valence electrons. The highest BCUT2D eigenvalue weighted by molar-refractivity contribution is 5.88. The summed E-state index contributed by atoms with van der Waals surface area (Å²) < 4.78 is 0. The molecule has 0 saturated carbocycles. The maximum atomic E-state index is 11.2. The summed E-state index contributed by atoms with van der Waals surface area (Å²) in [5.41, 5.74) is 4.38. The van der Waals surface area contributed by atoms with Crippen molar-refractivity contribution in [1.29, 1.82) is 0 Å². The predicted molar refractivity (Wildman–Crippen MR) is 124 cm³/mol. The van der Waals surface area contributed by atoms with Crippen LogP contribution < -0.4 is 15.5 Å². The first kappa shape index (κ1) is 21.3. The maximum Gasteiger partial charge on any atom is 0.306 e. The van der Waals surface area contributed by atoms with Gasteiger partial charge in [-0.25, -0.2) is 9.97 Å². The number of nitrogens with zero attached hydrogens (tertiary/aromatic N) is 3. The van der Waals surface area contributed by atoms with Crippen LogP contribution in [0.2, 0.25) is 0 Å². The zero-order valence-corrected chi connectivity index (χ0v) is 17.8. The van der Waals surface area contributed by atoms with Crippen LogP contribution in [0.5, 0.6) is 0 Å². The lowest BCUT2D eigenvalue weighted by molar-refractivity contribution is -0.142. The van der Waals surface area contributed by atoms with Gasteiger partial charge in [0, 0.05) is 48.8 Å². The van der Waals surface area contributed by atoms with E-state index < -0.39 is 5.97 Å². The molecule has 1 saturated heterocycles. The van der Waals surface area contributed by atoms with Gasteiger partial charge in [-0.1, -0.05) is 12.1 Å². The number of hydrogen-bond acceptors (Lipinski definition) is 6. The van der Waals surface area contributed by atoms with Crippen molar-refractivity contribution in [2.75, 3.05) is 28.6 Å². The van der Waals surface area contributed by atoms with Gasteiger partial charge in [-0.15, -0.1) is 0 Å². The first-order chi connectivity index (χ1) is 15.5. The Morgan fingerprint density at radius 3 is 2.25 bits per heavy atom. The SMILES string of the molecule is CC(=O)Nc1ccc(-c2ccnc(Nc3ccc(N4CCC(C(=O)O)CC4)cc3)n2)cc1. The highest BCUT2D eigenvalue weighted by Crippen LogP contribution is 2.26. The Morgan fingerprint density at radius 2 is 1.62 bits per heavy atom. The van der Waals surface area contributed by atoms with Crippen molar-refractivity contribution >= 4 is 34.9 Å². The first-order valence-electron chi connectivity index (χ1n) is 10.5. The molecule has 0 unspecified atom stereocenters. The molecule has 4 rings (SSSR count). The van der Waals surface area contributed by atoms with Crippen LogP contribution in [-0.2, 0) is 9.59 Å². The van der Waals surface area contributed by atoms with Crippen LogP contribution in [0, 0.1) is 5.92 Å². The summed E-state index contributed by atoms with van der Waals surface area (Å²) in [7, 11) is 0. The van der Waals surface area contributed by atoms with Gasteiger partial charge in [0.25, 0.3) is 0 Å². The van der Waals surface area contributed by atoms with Crippen LogP contribution in [0.4, 0.5) is 23.0 Å². The van der Waals surface area contributed by atoms with Crippen LogP contribution in [0.15, 0.2) is 60.8 Å². The van der Waals surface area contributed by atoms with E-state index in [1.165, 1.54) is 6.92 Å². The van der Waals surface area contributed by atoms with Gasteiger partial charge >= 0.3 is 5.97 Å². The number of carboxylic acids is 1. The second kappa shape index (κ2) is 9.47. The Kier molecular flexibility index (Phi) is 6.30. The third-order valence-electron chi connectivity index (χ3n) is 5.49. The molecule has 1 aromatic heterocycles. The number of carboxylic acid groups (broad SMARTS) is 1. The lowest BCUT2D eigenvalue weighted by Crippen LogP contribution is -2.36. The molecule has 3 N–H and O–H groups in total. The molecule has 2 heterocycles. The quantitative estimate of drug-likeness (QED) is 0.538. The van der Waals surface area contributed by atoms with Gasteiger partial charge in [0.05, 0.1) is 11.6 Å². The zero-order chi connectivity index (χ0) is 22.5. The van der Waals surface area contributed by atoms with Gasteiger partial charge in [-0.2, -0.15) is 0 Å². The third-order valence-corrected chi connectivity index (χ3v) is 5.49. The number of rotatable bonds is 6. The highest BCUT2D eigenvalue weighted by atomic mass is 16.4. The molecule has 1 amide bonds. The van der Waals surface area contributed by atoms with Crippen LogP contribution in [0.25, 0.3) is 11.3 Å². The standard InChI is InChI=1S/C24H25N5O3/c1-16(30)26-19-4-2-17(3-5-19)22-10-13-25-24(28-22)27-20-6-8-21(9-7-20)29-14-11-18(12-15-29)23(31)32/h2-10,13,18H,11-12,14-15H2,1H3,(H,26,30)(H,31,32)(H,25,27,28). The Hall–Kier alpha value is -3.94. The first-order valence-corrected chi connectivity index (χ1v) is 10.5. The van der Waals surface area contributed by atoms with Gasteiger partial charge in [0.2, 0.25) is 11.9 Å². The average molecular weight is 431 g/mol. The molecule has 32 heavy (non-hydrogen) atoms. The minimum Gasteiger partial charge on any atom is -0.481 e.